The number of alkyl halides is 3. The van der Waals surface area contributed by atoms with Crippen LogP contribution in [0.3, 0.4) is 0 Å². The van der Waals surface area contributed by atoms with Gasteiger partial charge in [-0.05, 0) is 37.9 Å². The van der Waals surface area contributed by atoms with Crippen LogP contribution in [0.5, 0.6) is 5.75 Å². The molecule has 0 fully saturated rings. The van der Waals surface area contributed by atoms with E-state index >= 15 is 0 Å². The van der Waals surface area contributed by atoms with Gasteiger partial charge < -0.3 is 14.4 Å². The van der Waals surface area contributed by atoms with Gasteiger partial charge in [-0.2, -0.15) is 13.2 Å². The van der Waals surface area contributed by atoms with Gasteiger partial charge in [0.05, 0.1) is 11.1 Å². The first kappa shape index (κ1) is 16.2. The monoisotopic (exact) mass is 427 g/mol. The van der Waals surface area contributed by atoms with Crippen LogP contribution in [-0.2, 0) is 6.18 Å². The summed E-state index contributed by atoms with van der Waals surface area (Å²) < 4.78 is 44.2. The maximum atomic E-state index is 13.0. The molecule has 1 aromatic carbocycles. The van der Waals surface area contributed by atoms with E-state index in [1.165, 1.54) is 12.1 Å². The second kappa shape index (κ2) is 5.57. The van der Waals surface area contributed by atoms with E-state index < -0.39 is 11.7 Å². The molecule has 1 aromatic heterocycles. The molecule has 0 spiro atoms. The van der Waals surface area contributed by atoms with Gasteiger partial charge in [-0.25, -0.2) is 0 Å². The Kier molecular flexibility index (Phi) is 4.30. The van der Waals surface area contributed by atoms with Gasteiger partial charge in [-0.1, -0.05) is 12.1 Å². The van der Waals surface area contributed by atoms with Crippen LogP contribution in [0.25, 0.3) is 11.1 Å². The van der Waals surface area contributed by atoms with Crippen molar-refractivity contribution in [1.29, 1.82) is 0 Å². The molecular formula is C13H10Br2F3NO2. The first-order chi connectivity index (χ1) is 9.64. The smallest absolute Gasteiger partial charge is 0.417 e. The van der Waals surface area contributed by atoms with Crippen molar-refractivity contribution in [2.45, 2.75) is 6.18 Å². The van der Waals surface area contributed by atoms with Crippen molar-refractivity contribution >= 4 is 37.7 Å². The summed E-state index contributed by atoms with van der Waals surface area (Å²) in [6.07, 6.45) is -4.50. The Labute approximate surface area is 135 Å². The number of nitrogens with zero attached hydrogens (tertiary/aromatic N) is 1. The summed E-state index contributed by atoms with van der Waals surface area (Å²) in [7, 11) is 3.32. The molecule has 21 heavy (non-hydrogen) atoms. The van der Waals surface area contributed by atoms with Gasteiger partial charge in [0, 0.05) is 24.1 Å². The quantitative estimate of drug-likeness (QED) is 0.708. The van der Waals surface area contributed by atoms with Crippen LogP contribution in [-0.4, -0.2) is 19.2 Å². The summed E-state index contributed by atoms with van der Waals surface area (Å²) in [5.41, 5.74) is -0.438. The number of benzene rings is 1. The zero-order valence-electron chi connectivity index (χ0n) is 10.9. The zero-order chi connectivity index (χ0) is 15.9. The lowest BCUT2D eigenvalue weighted by atomic mass is 10.0. The van der Waals surface area contributed by atoms with Crippen molar-refractivity contribution in [3.8, 4) is 16.9 Å². The molecule has 114 valence electrons. The van der Waals surface area contributed by atoms with E-state index in [1.807, 2.05) is 0 Å². The predicted molar refractivity (Wildman–Crippen MR) is 80.5 cm³/mol. The molecule has 8 heteroatoms. The standard InChI is InChI=1S/C13H10Br2F3NO2/c1-19(2)12-8(10(20)11(15)21-12)6-4-3-5-7(9(6)14)13(16,17)18/h3-5,20H,1-2H3. The predicted octanol–water partition coefficient (Wildman–Crippen LogP) is 5.26. The van der Waals surface area contributed by atoms with Crippen LogP contribution < -0.4 is 4.90 Å². The Morgan fingerprint density at radius 2 is 1.81 bits per heavy atom. The van der Waals surface area contributed by atoms with Crippen molar-refractivity contribution in [2.24, 2.45) is 0 Å². The van der Waals surface area contributed by atoms with Gasteiger partial charge in [-0.3, -0.25) is 0 Å². The van der Waals surface area contributed by atoms with E-state index in [4.69, 9.17) is 4.42 Å². The molecule has 1 heterocycles. The van der Waals surface area contributed by atoms with Crippen LogP contribution in [0.1, 0.15) is 5.56 Å². The highest BCUT2D eigenvalue weighted by molar-refractivity contribution is 9.10. The SMILES string of the molecule is CN(C)c1oc(Br)c(O)c1-c1cccc(C(F)(F)F)c1Br. The normalized spacial score (nSPS) is 11.8. The van der Waals surface area contributed by atoms with Gasteiger partial charge in [0.15, 0.2) is 5.75 Å². The number of halogens is 5. The second-order valence-electron chi connectivity index (χ2n) is 4.46. The number of rotatable bonds is 2. The number of aromatic hydroxyl groups is 1. The fraction of sp³-hybridized carbons (Fsp3) is 0.231. The van der Waals surface area contributed by atoms with Crippen molar-refractivity contribution < 1.29 is 22.7 Å². The molecule has 2 aromatic rings. The Hall–Kier alpha value is -1.15. The van der Waals surface area contributed by atoms with Gasteiger partial charge in [0.2, 0.25) is 10.6 Å². The second-order valence-corrected chi connectivity index (χ2v) is 5.98. The third-order valence-corrected chi connectivity index (χ3v) is 4.19. The third kappa shape index (κ3) is 2.91. The number of hydrogen-bond acceptors (Lipinski definition) is 3. The molecule has 0 amide bonds. The molecule has 0 aliphatic carbocycles. The Morgan fingerprint density at radius 3 is 2.33 bits per heavy atom. The van der Waals surface area contributed by atoms with E-state index in [-0.39, 0.29) is 31.9 Å². The van der Waals surface area contributed by atoms with Crippen LogP contribution in [0, 0.1) is 0 Å². The molecule has 3 nitrogen and oxygen atoms in total. The van der Waals surface area contributed by atoms with Crippen molar-refractivity contribution in [1.82, 2.24) is 0 Å². The third-order valence-electron chi connectivity index (χ3n) is 2.80. The number of hydrogen-bond donors (Lipinski definition) is 1. The molecule has 0 atom stereocenters. The van der Waals surface area contributed by atoms with Crippen molar-refractivity contribution in [3.05, 3.63) is 32.9 Å². The molecule has 0 saturated heterocycles. The van der Waals surface area contributed by atoms with Crippen LogP contribution in [0.4, 0.5) is 19.1 Å². The summed E-state index contributed by atoms with van der Waals surface area (Å²) in [4.78, 5) is 1.56. The largest absolute Gasteiger partial charge is 0.503 e. The average molecular weight is 429 g/mol. The Balaban J connectivity index is 2.75. The van der Waals surface area contributed by atoms with E-state index in [1.54, 1.807) is 19.0 Å². The minimum atomic E-state index is -4.50. The summed E-state index contributed by atoms with van der Waals surface area (Å²) in [5, 5.41) is 10.1. The number of furan rings is 1. The Bertz CT molecular complexity index is 681. The van der Waals surface area contributed by atoms with E-state index in [0.29, 0.717) is 0 Å². The Morgan fingerprint density at radius 1 is 1.19 bits per heavy atom. The van der Waals surface area contributed by atoms with E-state index in [2.05, 4.69) is 31.9 Å². The van der Waals surface area contributed by atoms with Gasteiger partial charge in [0.25, 0.3) is 0 Å². The highest BCUT2D eigenvalue weighted by Crippen LogP contribution is 2.49. The molecule has 2 rings (SSSR count). The van der Waals surface area contributed by atoms with Crippen LogP contribution in [0.15, 0.2) is 31.8 Å². The fourth-order valence-corrected chi connectivity index (χ4v) is 2.92. The average Bonchev–Trinajstić information content (AvgIpc) is 2.65. The van der Waals surface area contributed by atoms with Crippen molar-refractivity contribution in [3.63, 3.8) is 0 Å². The fourth-order valence-electron chi connectivity index (χ4n) is 1.89. The minimum absolute atomic E-state index is 0.0607. The first-order valence-electron chi connectivity index (χ1n) is 5.69. The summed E-state index contributed by atoms with van der Waals surface area (Å²) in [6, 6.07) is 3.72. The molecule has 0 aliphatic heterocycles. The zero-order valence-corrected chi connectivity index (χ0v) is 14.1. The lowest BCUT2D eigenvalue weighted by molar-refractivity contribution is -0.138. The summed E-state index contributed by atoms with van der Waals surface area (Å²) in [6.45, 7) is 0. The van der Waals surface area contributed by atoms with E-state index in [0.717, 1.165) is 6.07 Å². The lowest BCUT2D eigenvalue weighted by Gasteiger charge is -2.15. The molecule has 0 bridgehead atoms. The molecule has 0 unspecified atom stereocenters. The highest BCUT2D eigenvalue weighted by Gasteiger charge is 2.35. The summed E-state index contributed by atoms with van der Waals surface area (Å²) >= 11 is 6.01. The van der Waals surface area contributed by atoms with Crippen LogP contribution in [0.2, 0.25) is 0 Å². The number of anilines is 1. The van der Waals surface area contributed by atoms with Gasteiger partial charge in [0.1, 0.15) is 0 Å². The van der Waals surface area contributed by atoms with Crippen molar-refractivity contribution in [2.75, 3.05) is 19.0 Å². The maximum Gasteiger partial charge on any atom is 0.417 e. The molecule has 0 saturated carbocycles. The molecule has 1 N–H and O–H groups in total. The van der Waals surface area contributed by atoms with Crippen LogP contribution >= 0.6 is 31.9 Å². The van der Waals surface area contributed by atoms with Gasteiger partial charge in [-0.15, -0.1) is 0 Å². The molecule has 0 radical (unpaired) electrons. The molecular weight excluding hydrogens is 419 g/mol. The maximum absolute atomic E-state index is 13.0. The van der Waals surface area contributed by atoms with E-state index in [9.17, 15) is 18.3 Å². The molecule has 0 aliphatic rings. The van der Waals surface area contributed by atoms with Gasteiger partial charge >= 0.3 is 6.18 Å². The first-order valence-corrected chi connectivity index (χ1v) is 7.27. The summed E-state index contributed by atoms with van der Waals surface area (Å²) in [5.74, 6) is -0.00174. The topological polar surface area (TPSA) is 36.6 Å². The lowest BCUT2D eigenvalue weighted by Crippen LogP contribution is -2.09. The minimum Gasteiger partial charge on any atom is -0.503 e. The highest BCUT2D eigenvalue weighted by atomic mass is 79.9.